The molecule has 0 aliphatic heterocycles. The van der Waals surface area contributed by atoms with Gasteiger partial charge in [-0.2, -0.15) is 4.31 Å². The van der Waals surface area contributed by atoms with Crippen LogP contribution in [0.2, 0.25) is 5.02 Å². The number of carbonyl (C=O) groups is 1. The summed E-state index contributed by atoms with van der Waals surface area (Å²) in [5, 5.41) is 2.98. The Bertz CT molecular complexity index is 937. The number of rotatable bonds is 7. The predicted octanol–water partition coefficient (Wildman–Crippen LogP) is 3.61. The summed E-state index contributed by atoms with van der Waals surface area (Å²) in [5.41, 5.74) is 0.908. The molecule has 0 aromatic heterocycles. The molecule has 27 heavy (non-hydrogen) atoms. The normalized spacial score (nSPS) is 12.7. The van der Waals surface area contributed by atoms with Crippen LogP contribution in [0, 0.1) is 0 Å². The van der Waals surface area contributed by atoms with Gasteiger partial charge in [0.15, 0.2) is 0 Å². The second kappa shape index (κ2) is 9.05. The molecule has 1 N–H and O–H groups in total. The van der Waals surface area contributed by atoms with Gasteiger partial charge in [-0.05, 0) is 42.8 Å². The number of benzene rings is 2. The predicted molar refractivity (Wildman–Crippen MR) is 109 cm³/mol. The Hall–Kier alpha value is -1.61. The highest BCUT2D eigenvalue weighted by Crippen LogP contribution is 2.28. The van der Waals surface area contributed by atoms with Crippen molar-refractivity contribution in [1.29, 1.82) is 0 Å². The standard InChI is InChI=1S/C18H20BrClN2O4S/c1-12(13-5-4-6-14(19)9-13)21-18(23)11-22(2)27(24,25)15-7-8-17(26-3)16(20)10-15/h4-10,12H,11H2,1-3H3,(H,21,23)/t12-/m0/s1. The van der Waals surface area contributed by atoms with Gasteiger partial charge in [-0.1, -0.05) is 39.7 Å². The van der Waals surface area contributed by atoms with Crippen LogP contribution in [-0.4, -0.2) is 39.3 Å². The fraction of sp³-hybridized carbons (Fsp3) is 0.278. The molecule has 146 valence electrons. The van der Waals surface area contributed by atoms with Crippen molar-refractivity contribution < 1.29 is 17.9 Å². The second-order valence-electron chi connectivity index (χ2n) is 5.90. The minimum absolute atomic E-state index is 0.0105. The Kier molecular flexibility index (Phi) is 7.27. The molecule has 0 unspecified atom stereocenters. The van der Waals surface area contributed by atoms with Gasteiger partial charge in [-0.15, -0.1) is 0 Å². The molecular formula is C18H20BrClN2O4S. The van der Waals surface area contributed by atoms with Gasteiger partial charge in [0.25, 0.3) is 0 Å². The molecule has 1 atom stereocenters. The van der Waals surface area contributed by atoms with Gasteiger partial charge < -0.3 is 10.1 Å². The minimum Gasteiger partial charge on any atom is -0.495 e. The quantitative estimate of drug-likeness (QED) is 0.664. The molecule has 0 spiro atoms. The fourth-order valence-corrected chi connectivity index (χ4v) is 4.31. The lowest BCUT2D eigenvalue weighted by Crippen LogP contribution is -2.39. The maximum atomic E-state index is 12.7. The number of hydrogen-bond acceptors (Lipinski definition) is 4. The number of carbonyl (C=O) groups excluding carboxylic acids is 1. The summed E-state index contributed by atoms with van der Waals surface area (Å²) in [6.07, 6.45) is 0. The van der Waals surface area contributed by atoms with Gasteiger partial charge in [-0.25, -0.2) is 8.42 Å². The van der Waals surface area contributed by atoms with Crippen LogP contribution in [0.25, 0.3) is 0 Å². The van der Waals surface area contributed by atoms with Crippen LogP contribution < -0.4 is 10.1 Å². The Morgan fingerprint density at radius 3 is 2.59 bits per heavy atom. The number of hydrogen-bond donors (Lipinski definition) is 1. The average Bonchev–Trinajstić information content (AvgIpc) is 2.61. The molecule has 9 heteroatoms. The summed E-state index contributed by atoms with van der Waals surface area (Å²) >= 11 is 9.39. The second-order valence-corrected chi connectivity index (χ2v) is 9.27. The Balaban J connectivity index is 2.07. The molecule has 0 bridgehead atoms. The molecule has 0 heterocycles. The van der Waals surface area contributed by atoms with Crippen LogP contribution in [0.5, 0.6) is 5.75 Å². The number of methoxy groups -OCH3 is 1. The molecule has 1 amide bonds. The van der Waals surface area contributed by atoms with E-state index in [9.17, 15) is 13.2 Å². The fourth-order valence-electron chi connectivity index (χ4n) is 2.42. The Morgan fingerprint density at radius 2 is 2.00 bits per heavy atom. The van der Waals surface area contributed by atoms with Crippen molar-refractivity contribution in [2.45, 2.75) is 17.9 Å². The van der Waals surface area contributed by atoms with Crippen molar-refractivity contribution in [3.8, 4) is 5.75 Å². The molecule has 2 rings (SSSR count). The first-order valence-electron chi connectivity index (χ1n) is 8.00. The van der Waals surface area contributed by atoms with E-state index in [0.29, 0.717) is 5.75 Å². The largest absolute Gasteiger partial charge is 0.495 e. The monoisotopic (exact) mass is 474 g/mol. The number of nitrogens with one attached hydrogen (secondary N) is 1. The highest BCUT2D eigenvalue weighted by atomic mass is 79.9. The molecule has 0 radical (unpaired) electrons. The van der Waals surface area contributed by atoms with E-state index in [1.54, 1.807) is 0 Å². The van der Waals surface area contributed by atoms with Crippen molar-refractivity contribution in [2.75, 3.05) is 20.7 Å². The highest BCUT2D eigenvalue weighted by molar-refractivity contribution is 9.10. The van der Waals surface area contributed by atoms with E-state index >= 15 is 0 Å². The number of amides is 1. The lowest BCUT2D eigenvalue weighted by molar-refractivity contribution is -0.121. The van der Waals surface area contributed by atoms with Crippen LogP contribution in [0.4, 0.5) is 0 Å². The number of nitrogens with zero attached hydrogens (tertiary/aromatic N) is 1. The maximum absolute atomic E-state index is 12.7. The van der Waals surface area contributed by atoms with Gasteiger partial charge in [0.2, 0.25) is 15.9 Å². The summed E-state index contributed by atoms with van der Waals surface area (Å²) in [6.45, 7) is 1.52. The summed E-state index contributed by atoms with van der Waals surface area (Å²) < 4.78 is 32.2. The number of halogens is 2. The van der Waals surface area contributed by atoms with Gasteiger partial charge in [-0.3, -0.25) is 4.79 Å². The number of likely N-dealkylation sites (N-methyl/N-ethyl adjacent to an activating group) is 1. The van der Waals surface area contributed by atoms with Gasteiger partial charge in [0, 0.05) is 11.5 Å². The first kappa shape index (κ1) is 21.7. The average molecular weight is 476 g/mol. The lowest BCUT2D eigenvalue weighted by atomic mass is 10.1. The topological polar surface area (TPSA) is 75.7 Å². The van der Waals surface area contributed by atoms with Crippen LogP contribution in [0.15, 0.2) is 51.8 Å². The maximum Gasteiger partial charge on any atom is 0.243 e. The van der Waals surface area contributed by atoms with E-state index in [1.165, 1.54) is 32.4 Å². The molecule has 0 aliphatic rings. The van der Waals surface area contributed by atoms with Crippen molar-refractivity contribution >= 4 is 43.5 Å². The van der Waals surface area contributed by atoms with E-state index in [4.69, 9.17) is 16.3 Å². The summed E-state index contributed by atoms with van der Waals surface area (Å²) in [6, 6.07) is 11.4. The first-order chi connectivity index (χ1) is 12.6. The van der Waals surface area contributed by atoms with E-state index in [1.807, 2.05) is 31.2 Å². The zero-order chi connectivity index (χ0) is 20.2. The molecule has 6 nitrogen and oxygen atoms in total. The molecule has 2 aromatic carbocycles. The molecular weight excluding hydrogens is 456 g/mol. The van der Waals surface area contributed by atoms with Crippen LogP contribution in [0.3, 0.4) is 0 Å². The Morgan fingerprint density at radius 1 is 1.30 bits per heavy atom. The van der Waals surface area contributed by atoms with E-state index in [0.717, 1.165) is 14.3 Å². The zero-order valence-electron chi connectivity index (χ0n) is 15.1. The van der Waals surface area contributed by atoms with Crippen LogP contribution >= 0.6 is 27.5 Å². The molecule has 0 saturated carbocycles. The van der Waals surface area contributed by atoms with E-state index in [-0.39, 0.29) is 22.5 Å². The van der Waals surface area contributed by atoms with Crippen LogP contribution in [-0.2, 0) is 14.8 Å². The summed E-state index contributed by atoms with van der Waals surface area (Å²) in [7, 11) is -1.08. The third-order valence-corrected chi connectivity index (χ3v) is 6.51. The molecule has 0 fully saturated rings. The first-order valence-corrected chi connectivity index (χ1v) is 10.6. The van der Waals surface area contributed by atoms with Crippen molar-refractivity contribution in [1.82, 2.24) is 9.62 Å². The third-order valence-electron chi connectivity index (χ3n) is 3.92. The van der Waals surface area contributed by atoms with Gasteiger partial charge >= 0.3 is 0 Å². The van der Waals surface area contributed by atoms with Crippen molar-refractivity contribution in [2.24, 2.45) is 0 Å². The van der Waals surface area contributed by atoms with Crippen molar-refractivity contribution in [3.05, 3.63) is 57.5 Å². The molecule has 0 saturated heterocycles. The molecule has 0 aliphatic carbocycles. The number of sulfonamides is 1. The summed E-state index contributed by atoms with van der Waals surface area (Å²) in [4.78, 5) is 12.3. The highest BCUT2D eigenvalue weighted by Gasteiger charge is 2.24. The van der Waals surface area contributed by atoms with Gasteiger partial charge in [0.1, 0.15) is 5.75 Å². The van der Waals surface area contributed by atoms with E-state index < -0.39 is 15.9 Å². The SMILES string of the molecule is COc1ccc(S(=O)(=O)N(C)CC(=O)N[C@@H](C)c2cccc(Br)c2)cc1Cl. The lowest BCUT2D eigenvalue weighted by Gasteiger charge is -2.20. The smallest absolute Gasteiger partial charge is 0.243 e. The summed E-state index contributed by atoms with van der Waals surface area (Å²) in [5.74, 6) is -0.0352. The zero-order valence-corrected chi connectivity index (χ0v) is 18.2. The third kappa shape index (κ3) is 5.44. The molecule has 2 aromatic rings. The van der Waals surface area contributed by atoms with Crippen LogP contribution in [0.1, 0.15) is 18.5 Å². The minimum atomic E-state index is -3.86. The Labute approximate surface area is 172 Å². The van der Waals surface area contributed by atoms with Gasteiger partial charge in [0.05, 0.1) is 29.6 Å². The number of ether oxygens (including phenoxy) is 1. The van der Waals surface area contributed by atoms with E-state index in [2.05, 4.69) is 21.2 Å². The van der Waals surface area contributed by atoms with Crippen molar-refractivity contribution in [3.63, 3.8) is 0 Å².